The van der Waals surface area contributed by atoms with Crippen molar-refractivity contribution in [2.24, 2.45) is 4.99 Å². The van der Waals surface area contributed by atoms with Gasteiger partial charge in [0.25, 0.3) is 5.91 Å². The van der Waals surface area contributed by atoms with Crippen molar-refractivity contribution in [3.8, 4) is 0 Å². The summed E-state index contributed by atoms with van der Waals surface area (Å²) in [5.74, 6) is 0.643. The first-order valence-corrected chi connectivity index (χ1v) is 8.39. The van der Waals surface area contributed by atoms with Crippen LogP contribution in [0, 0.1) is 0 Å². The number of hydrogen-bond acceptors (Lipinski definition) is 5. The summed E-state index contributed by atoms with van der Waals surface area (Å²) in [4.78, 5) is 30.9. The molecule has 2 heterocycles. The Morgan fingerprint density at radius 1 is 1.26 bits per heavy atom. The SMILES string of the molecule is CCSC1=N/C(=C/c2coc3ccccc3c2=O)C(=O)N1CC. The monoisotopic (exact) mass is 328 g/mol. The van der Waals surface area contributed by atoms with Gasteiger partial charge in [0.1, 0.15) is 17.5 Å². The van der Waals surface area contributed by atoms with Gasteiger partial charge in [0, 0.05) is 6.54 Å². The standard InChI is InChI=1S/C17H16N2O3S/c1-3-19-16(21)13(18-17(19)23-4-2)9-11-10-22-14-8-6-5-7-12(14)15(11)20/h5-10H,3-4H2,1-2H3/b13-9+. The summed E-state index contributed by atoms with van der Waals surface area (Å²) in [5, 5.41) is 1.17. The lowest BCUT2D eigenvalue weighted by Gasteiger charge is -2.13. The molecule has 1 amide bonds. The Hall–Kier alpha value is -2.34. The van der Waals surface area contributed by atoms with Gasteiger partial charge in [0.15, 0.2) is 10.6 Å². The molecule has 1 aliphatic heterocycles. The summed E-state index contributed by atoms with van der Waals surface area (Å²) in [6.45, 7) is 4.45. The number of rotatable bonds is 3. The molecule has 0 radical (unpaired) electrons. The number of para-hydroxylation sites is 1. The molecule has 23 heavy (non-hydrogen) atoms. The van der Waals surface area contributed by atoms with Crippen LogP contribution in [0.3, 0.4) is 0 Å². The lowest BCUT2D eigenvalue weighted by Crippen LogP contribution is -2.30. The molecule has 0 aliphatic carbocycles. The van der Waals surface area contributed by atoms with E-state index in [-0.39, 0.29) is 17.0 Å². The van der Waals surface area contributed by atoms with Crippen LogP contribution in [-0.4, -0.2) is 28.3 Å². The van der Waals surface area contributed by atoms with Crippen molar-refractivity contribution in [2.75, 3.05) is 12.3 Å². The van der Waals surface area contributed by atoms with Gasteiger partial charge in [-0.25, -0.2) is 4.99 Å². The Morgan fingerprint density at radius 2 is 2.04 bits per heavy atom. The van der Waals surface area contributed by atoms with Gasteiger partial charge < -0.3 is 4.42 Å². The number of hydrogen-bond donors (Lipinski definition) is 0. The fourth-order valence-electron chi connectivity index (χ4n) is 2.39. The second kappa shape index (κ2) is 6.42. The number of benzene rings is 1. The lowest BCUT2D eigenvalue weighted by atomic mass is 10.1. The maximum Gasteiger partial charge on any atom is 0.278 e. The highest BCUT2D eigenvalue weighted by Crippen LogP contribution is 2.23. The summed E-state index contributed by atoms with van der Waals surface area (Å²) < 4.78 is 5.47. The molecule has 1 aliphatic rings. The second-order valence-corrected chi connectivity index (χ2v) is 6.15. The molecule has 0 atom stereocenters. The van der Waals surface area contributed by atoms with Crippen molar-refractivity contribution in [3.05, 3.63) is 52.0 Å². The molecule has 3 rings (SSSR count). The highest BCUT2D eigenvalue weighted by Gasteiger charge is 2.29. The fourth-order valence-corrected chi connectivity index (χ4v) is 3.18. The first-order chi connectivity index (χ1) is 11.2. The third kappa shape index (κ3) is 2.82. The van der Waals surface area contributed by atoms with Crippen molar-refractivity contribution >= 4 is 39.9 Å². The van der Waals surface area contributed by atoms with Crippen LogP contribution in [0.1, 0.15) is 19.4 Å². The average Bonchev–Trinajstić information content (AvgIpc) is 2.86. The first kappa shape index (κ1) is 15.6. The molecule has 1 aromatic heterocycles. The van der Waals surface area contributed by atoms with Crippen molar-refractivity contribution in [2.45, 2.75) is 13.8 Å². The number of carbonyl (C=O) groups is 1. The molecule has 0 saturated heterocycles. The van der Waals surface area contributed by atoms with E-state index in [9.17, 15) is 9.59 Å². The van der Waals surface area contributed by atoms with E-state index in [0.717, 1.165) is 5.75 Å². The van der Waals surface area contributed by atoms with Crippen molar-refractivity contribution < 1.29 is 9.21 Å². The number of likely N-dealkylation sites (N-methyl/N-ethyl adjacent to an activating group) is 1. The van der Waals surface area contributed by atoms with Crippen LogP contribution in [0.2, 0.25) is 0 Å². The molecule has 6 heteroatoms. The highest BCUT2D eigenvalue weighted by molar-refractivity contribution is 8.13. The van der Waals surface area contributed by atoms with Gasteiger partial charge in [-0.15, -0.1) is 0 Å². The normalized spacial score (nSPS) is 16.4. The number of fused-ring (bicyclic) bond motifs is 1. The van der Waals surface area contributed by atoms with E-state index in [4.69, 9.17) is 4.42 Å². The fraction of sp³-hybridized carbons (Fsp3) is 0.235. The predicted molar refractivity (Wildman–Crippen MR) is 93.4 cm³/mol. The highest BCUT2D eigenvalue weighted by atomic mass is 32.2. The molecule has 0 fully saturated rings. The van der Waals surface area contributed by atoms with Gasteiger partial charge in [-0.2, -0.15) is 0 Å². The van der Waals surface area contributed by atoms with E-state index in [0.29, 0.717) is 28.2 Å². The zero-order valence-corrected chi connectivity index (χ0v) is 13.7. The van der Waals surface area contributed by atoms with Gasteiger partial charge in [-0.1, -0.05) is 30.8 Å². The maximum absolute atomic E-state index is 12.5. The molecule has 0 unspecified atom stereocenters. The van der Waals surface area contributed by atoms with Crippen LogP contribution < -0.4 is 5.43 Å². The summed E-state index contributed by atoms with van der Waals surface area (Å²) in [6, 6.07) is 7.03. The topological polar surface area (TPSA) is 62.9 Å². The van der Waals surface area contributed by atoms with Crippen LogP contribution in [0.5, 0.6) is 0 Å². The number of thioether (sulfide) groups is 1. The van der Waals surface area contributed by atoms with E-state index in [1.165, 1.54) is 24.1 Å². The summed E-state index contributed by atoms with van der Waals surface area (Å²) in [5.41, 5.74) is 0.959. The molecule has 0 bridgehead atoms. The van der Waals surface area contributed by atoms with Crippen LogP contribution in [0.4, 0.5) is 0 Å². The Bertz CT molecular complexity index is 883. The maximum atomic E-state index is 12.5. The molecule has 0 spiro atoms. The van der Waals surface area contributed by atoms with Gasteiger partial charge >= 0.3 is 0 Å². The molecule has 1 aromatic carbocycles. The molecular weight excluding hydrogens is 312 g/mol. The number of carbonyl (C=O) groups excluding carboxylic acids is 1. The van der Waals surface area contributed by atoms with Crippen LogP contribution in [0.25, 0.3) is 17.0 Å². The number of amidine groups is 1. The van der Waals surface area contributed by atoms with Crippen LogP contribution in [-0.2, 0) is 4.79 Å². The van der Waals surface area contributed by atoms with Gasteiger partial charge in [-0.05, 0) is 30.9 Å². The second-order valence-electron chi connectivity index (χ2n) is 4.92. The van der Waals surface area contributed by atoms with E-state index < -0.39 is 0 Å². The van der Waals surface area contributed by atoms with Crippen molar-refractivity contribution in [1.82, 2.24) is 4.90 Å². The van der Waals surface area contributed by atoms with Gasteiger partial charge in [-0.3, -0.25) is 14.5 Å². The molecule has 2 aromatic rings. The minimum atomic E-state index is -0.184. The average molecular weight is 328 g/mol. The Labute approximate surface area is 137 Å². The van der Waals surface area contributed by atoms with Crippen molar-refractivity contribution in [3.63, 3.8) is 0 Å². The minimum absolute atomic E-state index is 0.165. The smallest absolute Gasteiger partial charge is 0.278 e. The molecule has 0 N–H and O–H groups in total. The quantitative estimate of drug-likeness (QED) is 0.812. The molecule has 118 valence electrons. The minimum Gasteiger partial charge on any atom is -0.463 e. The predicted octanol–water partition coefficient (Wildman–Crippen LogP) is 3.11. The zero-order chi connectivity index (χ0) is 16.4. The van der Waals surface area contributed by atoms with Crippen LogP contribution in [0.15, 0.2) is 50.4 Å². The van der Waals surface area contributed by atoms with E-state index in [1.54, 1.807) is 23.1 Å². The van der Waals surface area contributed by atoms with Crippen LogP contribution >= 0.6 is 11.8 Å². The lowest BCUT2D eigenvalue weighted by molar-refractivity contribution is -0.122. The number of amides is 1. The van der Waals surface area contributed by atoms with Gasteiger partial charge in [0.05, 0.1) is 10.9 Å². The Balaban J connectivity index is 2.06. The third-order valence-corrected chi connectivity index (χ3v) is 4.36. The Kier molecular flexibility index (Phi) is 4.34. The number of aliphatic imine (C=N–C) groups is 1. The zero-order valence-electron chi connectivity index (χ0n) is 12.9. The summed E-state index contributed by atoms with van der Waals surface area (Å²) in [6.07, 6.45) is 2.88. The molecule has 5 nitrogen and oxygen atoms in total. The molecular formula is C17H16N2O3S. The Morgan fingerprint density at radius 3 is 2.78 bits per heavy atom. The third-order valence-electron chi connectivity index (χ3n) is 3.50. The molecule has 0 saturated carbocycles. The van der Waals surface area contributed by atoms with Gasteiger partial charge in [0.2, 0.25) is 0 Å². The van der Waals surface area contributed by atoms with E-state index in [2.05, 4.69) is 4.99 Å². The number of nitrogens with zero attached hydrogens (tertiary/aromatic N) is 2. The summed E-state index contributed by atoms with van der Waals surface area (Å²) in [7, 11) is 0. The summed E-state index contributed by atoms with van der Waals surface area (Å²) >= 11 is 1.51. The largest absolute Gasteiger partial charge is 0.463 e. The van der Waals surface area contributed by atoms with Crippen molar-refractivity contribution in [1.29, 1.82) is 0 Å². The first-order valence-electron chi connectivity index (χ1n) is 7.41. The van der Waals surface area contributed by atoms with E-state index in [1.807, 2.05) is 19.9 Å². The van der Waals surface area contributed by atoms with E-state index >= 15 is 0 Å².